The smallest absolute Gasteiger partial charge is 0.358 e. The van der Waals surface area contributed by atoms with Crippen molar-refractivity contribution in [2.45, 2.75) is 33.2 Å². The Morgan fingerprint density at radius 2 is 1.92 bits per heavy atom. The van der Waals surface area contributed by atoms with Crippen LogP contribution in [-0.2, 0) is 17.0 Å². The maximum atomic E-state index is 13.8. The van der Waals surface area contributed by atoms with Crippen LogP contribution in [0.1, 0.15) is 30.9 Å². The lowest BCUT2D eigenvalue weighted by molar-refractivity contribution is 0.440. The third kappa shape index (κ3) is 4.12. The zero-order valence-electron chi connectivity index (χ0n) is 19.8. The Hall–Kier alpha value is -4.09. The third-order valence-electron chi connectivity index (χ3n) is 6.40. The minimum Gasteiger partial charge on any atom is -0.358 e. The second-order valence-corrected chi connectivity index (χ2v) is 9.73. The number of nitrogens with one attached hydrogen (secondary N) is 1. The number of aryl methyl sites for hydroxylation is 2. The highest BCUT2D eigenvalue weighted by atomic mass is 32.3. The fraction of sp³-hybridized carbons (Fsp3) is 0.179. The number of hydrogen-bond donors (Lipinski definition) is 1. The van der Waals surface area contributed by atoms with Gasteiger partial charge < -0.3 is 13.7 Å². The maximum Gasteiger partial charge on any atom is 0.488 e. The van der Waals surface area contributed by atoms with Gasteiger partial charge in [-0.05, 0) is 66.4 Å². The Morgan fingerprint density at radius 1 is 1.11 bits per heavy atom. The Morgan fingerprint density at radius 3 is 2.64 bits per heavy atom. The van der Waals surface area contributed by atoms with Gasteiger partial charge in [-0.15, -0.1) is 6.42 Å². The standard InChI is InChI=1S/C28H23FN2O4S/c1-4-6-12-31-25-16-22(19-8-7-9-20(15-19)35-36(29,33)34)17(3)13-23(25)27(32)26-21-11-10-18(5-2)14-24(21)30-28(26)31/h2,7-11,13-16,30H,4,6,12H2,1,3H3. The average Bonchev–Trinajstić information content (AvgIpc) is 3.22. The van der Waals surface area contributed by atoms with E-state index in [1.165, 1.54) is 12.1 Å². The van der Waals surface area contributed by atoms with Gasteiger partial charge in [0.25, 0.3) is 0 Å². The van der Waals surface area contributed by atoms with Gasteiger partial charge in [0.1, 0.15) is 11.4 Å². The van der Waals surface area contributed by atoms with Crippen molar-refractivity contribution in [3.05, 3.63) is 75.9 Å². The van der Waals surface area contributed by atoms with Gasteiger partial charge in [0.15, 0.2) is 5.43 Å². The number of unbranched alkanes of at least 4 members (excludes halogenated alkanes) is 1. The number of pyridine rings is 1. The van der Waals surface area contributed by atoms with Crippen LogP contribution >= 0.6 is 0 Å². The summed E-state index contributed by atoms with van der Waals surface area (Å²) in [6.07, 6.45) is 7.45. The summed E-state index contributed by atoms with van der Waals surface area (Å²) in [4.78, 5) is 17.2. The van der Waals surface area contributed by atoms with Crippen LogP contribution in [0.25, 0.3) is 44.0 Å². The molecule has 2 aromatic heterocycles. The van der Waals surface area contributed by atoms with E-state index in [0.29, 0.717) is 22.9 Å². The van der Waals surface area contributed by atoms with Gasteiger partial charge in [0.05, 0.1) is 10.9 Å². The van der Waals surface area contributed by atoms with E-state index in [1.807, 2.05) is 37.3 Å². The first-order chi connectivity index (χ1) is 17.2. The van der Waals surface area contributed by atoms with E-state index in [4.69, 9.17) is 6.42 Å². The van der Waals surface area contributed by atoms with Crippen molar-refractivity contribution in [2.75, 3.05) is 0 Å². The number of nitrogens with zero attached hydrogens (tertiary/aromatic N) is 1. The molecule has 0 fully saturated rings. The minimum atomic E-state index is -5.15. The summed E-state index contributed by atoms with van der Waals surface area (Å²) in [6, 6.07) is 15.5. The molecule has 3 aromatic carbocycles. The average molecular weight is 503 g/mol. The molecular weight excluding hydrogens is 479 g/mol. The SMILES string of the molecule is C#Cc1ccc2c(c1)[nH]c1c2c(=O)c2cc(C)c(-c3cccc(OS(=O)(=O)F)c3)cc2n1CCCC. The van der Waals surface area contributed by atoms with Crippen molar-refractivity contribution in [3.8, 4) is 29.2 Å². The molecule has 0 saturated carbocycles. The monoisotopic (exact) mass is 502 g/mol. The Bertz CT molecular complexity index is 1880. The quantitative estimate of drug-likeness (QED) is 0.229. The highest BCUT2D eigenvalue weighted by Gasteiger charge is 2.18. The fourth-order valence-corrected chi connectivity index (χ4v) is 5.09. The first-order valence-electron chi connectivity index (χ1n) is 11.5. The lowest BCUT2D eigenvalue weighted by Gasteiger charge is -2.16. The van der Waals surface area contributed by atoms with Crippen molar-refractivity contribution in [1.29, 1.82) is 0 Å². The first-order valence-corrected chi connectivity index (χ1v) is 12.8. The van der Waals surface area contributed by atoms with Crippen LogP contribution in [0.3, 0.4) is 0 Å². The summed E-state index contributed by atoms with van der Waals surface area (Å²) in [6.45, 7) is 4.67. The van der Waals surface area contributed by atoms with Crippen LogP contribution in [0.2, 0.25) is 0 Å². The minimum absolute atomic E-state index is 0.0808. The molecular formula is C28H23FN2O4S. The molecule has 5 aromatic rings. The van der Waals surface area contributed by atoms with Crippen molar-refractivity contribution >= 4 is 43.3 Å². The van der Waals surface area contributed by atoms with E-state index in [1.54, 1.807) is 12.1 Å². The van der Waals surface area contributed by atoms with E-state index in [2.05, 4.69) is 26.6 Å². The fourth-order valence-electron chi connectivity index (χ4n) is 4.75. The van der Waals surface area contributed by atoms with E-state index < -0.39 is 10.5 Å². The van der Waals surface area contributed by atoms with Gasteiger partial charge in [0.2, 0.25) is 0 Å². The maximum absolute atomic E-state index is 13.8. The topological polar surface area (TPSA) is 81.2 Å². The summed E-state index contributed by atoms with van der Waals surface area (Å²) >= 11 is 0. The van der Waals surface area contributed by atoms with Gasteiger partial charge in [0, 0.05) is 28.4 Å². The highest BCUT2D eigenvalue weighted by molar-refractivity contribution is 7.81. The number of fused-ring (bicyclic) bond motifs is 4. The molecule has 6 nitrogen and oxygen atoms in total. The van der Waals surface area contributed by atoms with Crippen molar-refractivity contribution in [1.82, 2.24) is 9.55 Å². The van der Waals surface area contributed by atoms with Gasteiger partial charge in [-0.3, -0.25) is 4.79 Å². The van der Waals surface area contributed by atoms with Gasteiger partial charge in [-0.25, -0.2) is 0 Å². The largest absolute Gasteiger partial charge is 0.488 e. The molecule has 8 heteroatoms. The van der Waals surface area contributed by atoms with Gasteiger partial charge in [-0.2, -0.15) is 8.42 Å². The van der Waals surface area contributed by atoms with E-state index in [-0.39, 0.29) is 11.2 Å². The molecule has 182 valence electrons. The summed E-state index contributed by atoms with van der Waals surface area (Å²) in [5.41, 5.74) is 5.14. The van der Waals surface area contributed by atoms with Crippen LogP contribution in [0, 0.1) is 19.3 Å². The number of halogens is 1. The Balaban J connectivity index is 1.82. The van der Waals surface area contributed by atoms with Gasteiger partial charge >= 0.3 is 10.5 Å². The normalized spacial score (nSPS) is 11.8. The second kappa shape index (κ2) is 8.85. The predicted molar refractivity (Wildman–Crippen MR) is 141 cm³/mol. The molecule has 0 aliphatic heterocycles. The summed E-state index contributed by atoms with van der Waals surface area (Å²) < 4.78 is 41.6. The zero-order valence-corrected chi connectivity index (χ0v) is 20.6. The number of hydrogen-bond acceptors (Lipinski definition) is 4. The molecule has 0 saturated heterocycles. The van der Waals surface area contributed by atoms with Crippen LogP contribution in [0.5, 0.6) is 5.75 Å². The van der Waals surface area contributed by atoms with E-state index in [0.717, 1.165) is 51.6 Å². The zero-order chi connectivity index (χ0) is 25.6. The van der Waals surface area contributed by atoms with Crippen molar-refractivity contribution in [3.63, 3.8) is 0 Å². The molecule has 0 spiro atoms. The number of benzene rings is 3. The molecule has 1 N–H and O–H groups in total. The van der Waals surface area contributed by atoms with Crippen molar-refractivity contribution < 1.29 is 16.5 Å². The Kier molecular flexibility index (Phi) is 5.81. The molecule has 5 rings (SSSR count). The number of aromatic amines is 1. The van der Waals surface area contributed by atoms with Gasteiger partial charge in [-0.1, -0.05) is 41.3 Å². The number of terminal acetylenes is 1. The molecule has 0 aliphatic rings. The first kappa shape index (κ1) is 23.6. The van der Waals surface area contributed by atoms with Crippen LogP contribution in [0.4, 0.5) is 3.89 Å². The lowest BCUT2D eigenvalue weighted by atomic mass is 9.97. The lowest BCUT2D eigenvalue weighted by Crippen LogP contribution is -2.12. The number of rotatable bonds is 6. The molecule has 0 bridgehead atoms. The molecule has 0 unspecified atom stereocenters. The third-order valence-corrected chi connectivity index (χ3v) is 6.79. The summed E-state index contributed by atoms with van der Waals surface area (Å²) in [5, 5.41) is 2.02. The molecule has 0 aliphatic carbocycles. The molecule has 0 radical (unpaired) electrons. The molecule has 0 amide bonds. The molecule has 0 atom stereocenters. The van der Waals surface area contributed by atoms with Crippen molar-refractivity contribution in [2.24, 2.45) is 0 Å². The highest BCUT2D eigenvalue weighted by Crippen LogP contribution is 2.33. The molecule has 36 heavy (non-hydrogen) atoms. The van der Waals surface area contributed by atoms with E-state index in [9.17, 15) is 17.1 Å². The summed E-state index contributed by atoms with van der Waals surface area (Å²) in [5.74, 6) is 2.50. The number of H-pyrrole nitrogens is 1. The number of aromatic nitrogens is 2. The van der Waals surface area contributed by atoms with Crippen LogP contribution < -0.4 is 9.61 Å². The molecule has 2 heterocycles. The van der Waals surface area contributed by atoms with Crippen LogP contribution in [0.15, 0.2) is 59.4 Å². The Labute approximate surface area is 207 Å². The van der Waals surface area contributed by atoms with E-state index >= 15 is 0 Å². The second-order valence-electron chi connectivity index (χ2n) is 8.78. The predicted octanol–water partition coefficient (Wildman–Crippen LogP) is 5.99. The van der Waals surface area contributed by atoms with Crippen LogP contribution in [-0.4, -0.2) is 18.0 Å². The summed E-state index contributed by atoms with van der Waals surface area (Å²) in [7, 11) is -5.15.